The molecule has 0 heterocycles. The van der Waals surface area contributed by atoms with Gasteiger partial charge in [0.1, 0.15) is 4.90 Å². The molecule has 18 heavy (non-hydrogen) atoms. The van der Waals surface area contributed by atoms with Crippen molar-refractivity contribution in [3.63, 3.8) is 0 Å². The minimum atomic E-state index is -3.55. The summed E-state index contributed by atoms with van der Waals surface area (Å²) in [5.41, 5.74) is 6.04. The third-order valence-corrected chi connectivity index (χ3v) is 5.84. The van der Waals surface area contributed by atoms with Crippen LogP contribution in [0, 0.1) is 0 Å². The van der Waals surface area contributed by atoms with E-state index in [1.807, 2.05) is 0 Å². The van der Waals surface area contributed by atoms with Crippen molar-refractivity contribution >= 4 is 27.3 Å². The van der Waals surface area contributed by atoms with Crippen molar-refractivity contribution in [2.45, 2.75) is 36.6 Å². The number of hydrogen-bond donors (Lipinski definition) is 1. The number of sulfonamides is 1. The molecule has 0 bridgehead atoms. The highest BCUT2D eigenvalue weighted by Crippen LogP contribution is 2.31. The normalized spacial score (nSPS) is 17.5. The summed E-state index contributed by atoms with van der Waals surface area (Å²) < 4.78 is 26.4. The zero-order valence-electron chi connectivity index (χ0n) is 10.3. The molecule has 0 spiro atoms. The SMILES string of the molecule is CN(C1CCCC1)S(=O)(=O)c1cc(N)ccc1Cl. The van der Waals surface area contributed by atoms with E-state index in [0.717, 1.165) is 25.7 Å². The average Bonchev–Trinajstić information content (AvgIpc) is 2.84. The van der Waals surface area contributed by atoms with Crippen molar-refractivity contribution < 1.29 is 8.42 Å². The van der Waals surface area contributed by atoms with E-state index in [4.69, 9.17) is 17.3 Å². The maximum Gasteiger partial charge on any atom is 0.244 e. The van der Waals surface area contributed by atoms with Crippen molar-refractivity contribution in [1.29, 1.82) is 0 Å². The first-order valence-electron chi connectivity index (χ1n) is 5.96. The Labute approximate surface area is 113 Å². The number of nitrogens with two attached hydrogens (primary N) is 1. The fourth-order valence-corrected chi connectivity index (χ4v) is 4.26. The minimum absolute atomic E-state index is 0.0764. The molecule has 0 aliphatic heterocycles. The van der Waals surface area contributed by atoms with Crippen molar-refractivity contribution in [3.05, 3.63) is 23.2 Å². The predicted molar refractivity (Wildman–Crippen MR) is 73.1 cm³/mol. The number of anilines is 1. The number of benzene rings is 1. The van der Waals surface area contributed by atoms with Gasteiger partial charge in [0.15, 0.2) is 0 Å². The second kappa shape index (κ2) is 5.07. The Balaban J connectivity index is 2.37. The first kappa shape index (κ1) is 13.6. The zero-order chi connectivity index (χ0) is 13.3. The molecule has 2 N–H and O–H groups in total. The lowest BCUT2D eigenvalue weighted by Crippen LogP contribution is -2.35. The Hall–Kier alpha value is -0.780. The Morgan fingerprint density at radius 2 is 1.94 bits per heavy atom. The third-order valence-electron chi connectivity index (χ3n) is 3.45. The fraction of sp³-hybridized carbons (Fsp3) is 0.500. The second-order valence-corrected chi connectivity index (χ2v) is 7.02. The van der Waals surface area contributed by atoms with Crippen molar-refractivity contribution in [3.8, 4) is 0 Å². The molecule has 0 radical (unpaired) electrons. The van der Waals surface area contributed by atoms with E-state index in [1.54, 1.807) is 13.1 Å². The molecule has 0 saturated heterocycles. The number of rotatable bonds is 3. The van der Waals surface area contributed by atoms with Crippen molar-refractivity contribution in [1.82, 2.24) is 4.31 Å². The third kappa shape index (κ3) is 2.48. The molecule has 1 aromatic carbocycles. The zero-order valence-corrected chi connectivity index (χ0v) is 11.8. The summed E-state index contributed by atoms with van der Waals surface area (Å²) in [4.78, 5) is 0.0959. The van der Waals surface area contributed by atoms with Crippen LogP contribution < -0.4 is 5.73 Å². The van der Waals surface area contributed by atoms with Crippen LogP contribution in [0.3, 0.4) is 0 Å². The first-order chi connectivity index (χ1) is 8.43. The second-order valence-electron chi connectivity index (χ2n) is 4.65. The lowest BCUT2D eigenvalue weighted by molar-refractivity contribution is 0.373. The van der Waals surface area contributed by atoms with Crippen LogP contribution in [0.5, 0.6) is 0 Å². The van der Waals surface area contributed by atoms with E-state index in [2.05, 4.69) is 0 Å². The number of nitrogen functional groups attached to an aromatic ring is 1. The van der Waals surface area contributed by atoms with E-state index < -0.39 is 10.0 Å². The van der Waals surface area contributed by atoms with Gasteiger partial charge < -0.3 is 5.73 Å². The van der Waals surface area contributed by atoms with Gasteiger partial charge in [-0.2, -0.15) is 4.31 Å². The molecule has 0 aromatic heterocycles. The van der Waals surface area contributed by atoms with Gasteiger partial charge in [0.25, 0.3) is 0 Å². The molecule has 1 aliphatic carbocycles. The van der Waals surface area contributed by atoms with Crippen LogP contribution in [0.4, 0.5) is 5.69 Å². The van der Waals surface area contributed by atoms with Gasteiger partial charge in [0.2, 0.25) is 10.0 Å². The van der Waals surface area contributed by atoms with Gasteiger partial charge in [-0.05, 0) is 31.0 Å². The summed E-state index contributed by atoms with van der Waals surface area (Å²) in [7, 11) is -1.94. The van der Waals surface area contributed by atoms with Gasteiger partial charge in [-0.3, -0.25) is 0 Å². The van der Waals surface area contributed by atoms with Gasteiger partial charge in [-0.25, -0.2) is 8.42 Å². The van der Waals surface area contributed by atoms with Gasteiger partial charge >= 0.3 is 0 Å². The summed E-state index contributed by atoms with van der Waals surface area (Å²) in [6.07, 6.45) is 3.98. The Morgan fingerprint density at radius 1 is 1.33 bits per heavy atom. The smallest absolute Gasteiger partial charge is 0.244 e. The van der Waals surface area contributed by atoms with Crippen LogP contribution in [-0.4, -0.2) is 25.8 Å². The highest BCUT2D eigenvalue weighted by Gasteiger charge is 2.31. The highest BCUT2D eigenvalue weighted by molar-refractivity contribution is 7.89. The summed E-state index contributed by atoms with van der Waals surface area (Å²) in [6.45, 7) is 0. The molecular formula is C12H17ClN2O2S. The van der Waals surface area contributed by atoms with E-state index in [9.17, 15) is 8.42 Å². The number of hydrogen-bond acceptors (Lipinski definition) is 3. The molecule has 6 heteroatoms. The van der Waals surface area contributed by atoms with Crippen LogP contribution in [0.25, 0.3) is 0 Å². The van der Waals surface area contributed by atoms with Crippen LogP contribution in [-0.2, 0) is 10.0 Å². The molecule has 1 saturated carbocycles. The lowest BCUT2D eigenvalue weighted by Gasteiger charge is -2.24. The molecule has 1 fully saturated rings. The number of halogens is 1. The quantitative estimate of drug-likeness (QED) is 0.869. The molecule has 2 rings (SSSR count). The van der Waals surface area contributed by atoms with E-state index in [-0.39, 0.29) is 16.0 Å². The van der Waals surface area contributed by atoms with Crippen LogP contribution in [0.2, 0.25) is 5.02 Å². The molecule has 0 atom stereocenters. The molecule has 4 nitrogen and oxygen atoms in total. The minimum Gasteiger partial charge on any atom is -0.399 e. The molecule has 1 aliphatic rings. The van der Waals surface area contributed by atoms with E-state index in [0.29, 0.717) is 5.69 Å². The molecule has 0 unspecified atom stereocenters. The maximum absolute atomic E-state index is 12.5. The summed E-state index contributed by atoms with van der Waals surface area (Å²) >= 11 is 5.97. The van der Waals surface area contributed by atoms with E-state index in [1.165, 1.54) is 16.4 Å². The molecule has 0 amide bonds. The van der Waals surface area contributed by atoms with Gasteiger partial charge in [0, 0.05) is 18.8 Å². The highest BCUT2D eigenvalue weighted by atomic mass is 35.5. The van der Waals surface area contributed by atoms with Gasteiger partial charge in [-0.15, -0.1) is 0 Å². The van der Waals surface area contributed by atoms with Crippen LogP contribution >= 0.6 is 11.6 Å². The van der Waals surface area contributed by atoms with Crippen molar-refractivity contribution in [2.24, 2.45) is 0 Å². The van der Waals surface area contributed by atoms with Crippen molar-refractivity contribution in [2.75, 3.05) is 12.8 Å². The van der Waals surface area contributed by atoms with Crippen LogP contribution in [0.15, 0.2) is 23.1 Å². The Bertz CT molecular complexity index is 539. The van der Waals surface area contributed by atoms with Gasteiger partial charge in [-0.1, -0.05) is 24.4 Å². The first-order valence-corrected chi connectivity index (χ1v) is 7.78. The Kier molecular flexibility index (Phi) is 3.84. The summed E-state index contributed by atoms with van der Waals surface area (Å²) in [6, 6.07) is 4.61. The fourth-order valence-electron chi connectivity index (χ4n) is 2.34. The molecule has 1 aromatic rings. The lowest BCUT2D eigenvalue weighted by atomic mass is 10.3. The summed E-state index contributed by atoms with van der Waals surface area (Å²) in [5.74, 6) is 0. The topological polar surface area (TPSA) is 63.4 Å². The molecule has 100 valence electrons. The molecular weight excluding hydrogens is 272 g/mol. The standard InChI is InChI=1S/C12H17ClN2O2S/c1-15(10-4-2-3-5-10)18(16,17)12-8-9(14)6-7-11(12)13/h6-8,10H,2-5,14H2,1H3. The van der Waals surface area contributed by atoms with Crippen LogP contribution in [0.1, 0.15) is 25.7 Å². The summed E-state index contributed by atoms with van der Waals surface area (Å²) in [5, 5.41) is 0.217. The van der Waals surface area contributed by atoms with Gasteiger partial charge in [0.05, 0.1) is 5.02 Å². The maximum atomic E-state index is 12.5. The predicted octanol–water partition coefficient (Wildman–Crippen LogP) is 2.49. The Morgan fingerprint density at radius 3 is 2.56 bits per heavy atom. The largest absolute Gasteiger partial charge is 0.399 e. The average molecular weight is 289 g/mol. The van der Waals surface area contributed by atoms with E-state index >= 15 is 0 Å². The monoisotopic (exact) mass is 288 g/mol. The number of nitrogens with zero attached hydrogens (tertiary/aromatic N) is 1.